The minimum Gasteiger partial charge on any atom is -0.478 e. The molecule has 0 fully saturated rings. The molecule has 0 aliphatic carbocycles. The monoisotopic (exact) mass is 270 g/mol. The zero-order valence-corrected chi connectivity index (χ0v) is 10.7. The van der Waals surface area contributed by atoms with Gasteiger partial charge < -0.3 is 10.2 Å². The van der Waals surface area contributed by atoms with Gasteiger partial charge in [-0.05, 0) is 23.8 Å². The number of hydrogen-bond donors (Lipinski definition) is 2. The van der Waals surface area contributed by atoms with Gasteiger partial charge in [-0.1, -0.05) is 49.1 Å². The number of rotatable bonds is 3. The van der Waals surface area contributed by atoms with E-state index >= 15 is 0 Å². The van der Waals surface area contributed by atoms with Gasteiger partial charge >= 0.3 is 11.9 Å². The minimum atomic E-state index is -0.916. The third-order valence-electron chi connectivity index (χ3n) is 2.43. The molecule has 0 aliphatic heterocycles. The molecule has 0 atom stereocenters. The zero-order chi connectivity index (χ0) is 15.0. The van der Waals surface area contributed by atoms with Crippen LogP contribution in [0.4, 0.5) is 0 Å². The Hall–Kier alpha value is -2.88. The average molecular weight is 270 g/mol. The van der Waals surface area contributed by atoms with Crippen molar-refractivity contribution in [2.75, 3.05) is 0 Å². The highest BCUT2D eigenvalue weighted by Crippen LogP contribution is 2.08. The van der Waals surface area contributed by atoms with Gasteiger partial charge in [-0.3, -0.25) is 0 Å². The molecule has 0 bridgehead atoms. The number of carboxylic acid groups (broad SMARTS) is 2. The van der Waals surface area contributed by atoms with Crippen LogP contribution in [-0.4, -0.2) is 22.2 Å². The maximum atomic E-state index is 10.5. The van der Waals surface area contributed by atoms with Gasteiger partial charge in [0.2, 0.25) is 0 Å². The van der Waals surface area contributed by atoms with Crippen molar-refractivity contribution in [2.24, 2.45) is 0 Å². The summed E-state index contributed by atoms with van der Waals surface area (Å²) >= 11 is 0. The SMILES string of the molecule is C=Cc1ccccc1C(=O)O.O=C(O)c1ccccc1. The molecule has 102 valence electrons. The molecular formula is C16H14O4. The van der Waals surface area contributed by atoms with E-state index in [9.17, 15) is 9.59 Å². The molecule has 2 aromatic rings. The lowest BCUT2D eigenvalue weighted by Crippen LogP contribution is -1.98. The summed E-state index contributed by atoms with van der Waals surface area (Å²) in [6.07, 6.45) is 1.53. The lowest BCUT2D eigenvalue weighted by Gasteiger charge is -1.97. The predicted octanol–water partition coefficient (Wildman–Crippen LogP) is 3.41. The van der Waals surface area contributed by atoms with Gasteiger partial charge in [-0.25, -0.2) is 9.59 Å². The summed E-state index contributed by atoms with van der Waals surface area (Å²) in [4.78, 5) is 20.7. The van der Waals surface area contributed by atoms with Crippen molar-refractivity contribution in [3.8, 4) is 0 Å². The first-order valence-electron chi connectivity index (χ1n) is 5.79. The second kappa shape index (κ2) is 7.53. The van der Waals surface area contributed by atoms with Gasteiger partial charge in [0.25, 0.3) is 0 Å². The van der Waals surface area contributed by atoms with E-state index in [1.165, 1.54) is 6.08 Å². The van der Waals surface area contributed by atoms with E-state index in [0.717, 1.165) is 0 Å². The van der Waals surface area contributed by atoms with Crippen molar-refractivity contribution < 1.29 is 19.8 Å². The Kier molecular flexibility index (Phi) is 5.72. The Balaban J connectivity index is 0.000000204. The van der Waals surface area contributed by atoms with E-state index in [-0.39, 0.29) is 0 Å². The van der Waals surface area contributed by atoms with E-state index < -0.39 is 11.9 Å². The summed E-state index contributed by atoms with van der Waals surface area (Å²) in [5.41, 5.74) is 1.28. The first kappa shape index (κ1) is 15.2. The number of hydrogen-bond acceptors (Lipinski definition) is 2. The van der Waals surface area contributed by atoms with Crippen LogP contribution in [0.5, 0.6) is 0 Å². The molecule has 4 nitrogen and oxygen atoms in total. The first-order chi connectivity index (χ1) is 9.56. The zero-order valence-electron chi connectivity index (χ0n) is 10.7. The van der Waals surface area contributed by atoms with E-state index in [0.29, 0.717) is 16.7 Å². The van der Waals surface area contributed by atoms with Crippen LogP contribution in [0, 0.1) is 0 Å². The van der Waals surface area contributed by atoms with Crippen LogP contribution in [0.1, 0.15) is 26.3 Å². The van der Waals surface area contributed by atoms with Crippen LogP contribution in [0.3, 0.4) is 0 Å². The molecule has 0 saturated heterocycles. The van der Waals surface area contributed by atoms with Crippen molar-refractivity contribution in [2.45, 2.75) is 0 Å². The molecule has 0 heterocycles. The largest absolute Gasteiger partial charge is 0.478 e. The topological polar surface area (TPSA) is 74.6 Å². The summed E-state index contributed by atoms with van der Waals surface area (Å²) in [6, 6.07) is 15.0. The highest BCUT2D eigenvalue weighted by Gasteiger charge is 2.04. The fourth-order valence-electron chi connectivity index (χ4n) is 1.45. The Morgan fingerprint density at radius 3 is 1.80 bits per heavy atom. The van der Waals surface area contributed by atoms with Crippen LogP contribution in [0.15, 0.2) is 61.2 Å². The summed E-state index contributed by atoms with van der Waals surface area (Å²) in [6.45, 7) is 3.51. The van der Waals surface area contributed by atoms with E-state index in [1.807, 2.05) is 0 Å². The third kappa shape index (κ3) is 4.42. The smallest absolute Gasteiger partial charge is 0.336 e. The van der Waals surface area contributed by atoms with Crippen molar-refractivity contribution in [3.05, 3.63) is 77.9 Å². The summed E-state index contributed by atoms with van der Waals surface area (Å²) in [7, 11) is 0. The van der Waals surface area contributed by atoms with E-state index in [1.54, 1.807) is 54.6 Å². The van der Waals surface area contributed by atoms with Crippen LogP contribution in [0.2, 0.25) is 0 Å². The van der Waals surface area contributed by atoms with Gasteiger partial charge in [0.1, 0.15) is 0 Å². The Morgan fingerprint density at radius 2 is 1.40 bits per heavy atom. The molecule has 0 spiro atoms. The second-order valence-corrected chi connectivity index (χ2v) is 3.77. The van der Waals surface area contributed by atoms with E-state index in [4.69, 9.17) is 10.2 Å². The fourth-order valence-corrected chi connectivity index (χ4v) is 1.45. The summed E-state index contributed by atoms with van der Waals surface area (Å²) < 4.78 is 0. The van der Waals surface area contributed by atoms with Gasteiger partial charge in [-0.2, -0.15) is 0 Å². The van der Waals surface area contributed by atoms with Crippen LogP contribution >= 0.6 is 0 Å². The maximum Gasteiger partial charge on any atom is 0.336 e. The summed E-state index contributed by atoms with van der Waals surface area (Å²) in [5.74, 6) is -1.80. The Bertz CT molecular complexity index is 603. The van der Waals surface area contributed by atoms with Gasteiger partial charge in [-0.15, -0.1) is 0 Å². The minimum absolute atomic E-state index is 0.294. The van der Waals surface area contributed by atoms with E-state index in [2.05, 4.69) is 6.58 Å². The third-order valence-corrected chi connectivity index (χ3v) is 2.43. The van der Waals surface area contributed by atoms with Crippen molar-refractivity contribution in [1.82, 2.24) is 0 Å². The molecular weight excluding hydrogens is 256 g/mol. The average Bonchev–Trinajstić information content (AvgIpc) is 2.48. The van der Waals surface area contributed by atoms with Gasteiger partial charge in [0.05, 0.1) is 11.1 Å². The van der Waals surface area contributed by atoms with Crippen LogP contribution in [0.25, 0.3) is 6.08 Å². The normalized spacial score (nSPS) is 9.00. The molecule has 0 radical (unpaired) electrons. The Morgan fingerprint density at radius 1 is 0.850 bits per heavy atom. The molecule has 0 aliphatic rings. The molecule has 0 amide bonds. The molecule has 4 heteroatoms. The molecule has 0 aromatic heterocycles. The number of carbonyl (C=O) groups is 2. The summed E-state index contributed by atoms with van der Waals surface area (Å²) in [5, 5.41) is 17.0. The molecule has 2 rings (SSSR count). The highest BCUT2D eigenvalue weighted by atomic mass is 16.4. The Labute approximate surface area is 116 Å². The quantitative estimate of drug-likeness (QED) is 0.896. The molecule has 2 N–H and O–H groups in total. The lowest BCUT2D eigenvalue weighted by molar-refractivity contribution is 0.0686. The van der Waals surface area contributed by atoms with Crippen molar-refractivity contribution >= 4 is 18.0 Å². The predicted molar refractivity (Wildman–Crippen MR) is 76.9 cm³/mol. The number of benzene rings is 2. The highest BCUT2D eigenvalue weighted by molar-refractivity contribution is 5.91. The molecule has 0 unspecified atom stereocenters. The number of carboxylic acids is 2. The molecule has 0 saturated carbocycles. The standard InChI is InChI=1S/C9H8O2.C7H6O2/c1-2-7-5-3-4-6-8(7)9(10)11;8-7(9)6-4-2-1-3-5-6/h2-6H,1H2,(H,10,11);1-5H,(H,8,9). The number of aromatic carboxylic acids is 2. The lowest BCUT2D eigenvalue weighted by atomic mass is 10.1. The van der Waals surface area contributed by atoms with Crippen molar-refractivity contribution in [3.63, 3.8) is 0 Å². The fraction of sp³-hybridized carbons (Fsp3) is 0. The van der Waals surface area contributed by atoms with Crippen molar-refractivity contribution in [1.29, 1.82) is 0 Å². The first-order valence-corrected chi connectivity index (χ1v) is 5.79. The second-order valence-electron chi connectivity index (χ2n) is 3.77. The van der Waals surface area contributed by atoms with Crippen LogP contribution in [-0.2, 0) is 0 Å². The maximum absolute atomic E-state index is 10.5. The molecule has 20 heavy (non-hydrogen) atoms. The van der Waals surface area contributed by atoms with Crippen LogP contribution < -0.4 is 0 Å². The molecule has 2 aromatic carbocycles. The van der Waals surface area contributed by atoms with Gasteiger partial charge in [0.15, 0.2) is 0 Å². The van der Waals surface area contributed by atoms with Gasteiger partial charge in [0, 0.05) is 0 Å².